The minimum atomic E-state index is -0.613. The summed E-state index contributed by atoms with van der Waals surface area (Å²) in [5.74, 6) is -1.19. The lowest BCUT2D eigenvalue weighted by Crippen LogP contribution is -2.36. The SMILES string of the molecule is CCCCNC(=O)C(=O)Nc1ccc(C)cc1C. The second-order valence-corrected chi connectivity index (χ2v) is 4.38. The molecule has 18 heavy (non-hydrogen) atoms. The van der Waals surface area contributed by atoms with E-state index in [1.54, 1.807) is 0 Å². The Bertz CT molecular complexity index is 441. The van der Waals surface area contributed by atoms with Crippen molar-refractivity contribution in [1.82, 2.24) is 5.32 Å². The number of nitrogens with one attached hydrogen (secondary N) is 2. The van der Waals surface area contributed by atoms with Gasteiger partial charge in [-0.1, -0.05) is 31.0 Å². The third kappa shape index (κ3) is 4.20. The fourth-order valence-corrected chi connectivity index (χ4v) is 1.59. The first kappa shape index (κ1) is 14.2. The van der Waals surface area contributed by atoms with Crippen LogP contribution < -0.4 is 10.6 Å². The van der Waals surface area contributed by atoms with Gasteiger partial charge in [-0.2, -0.15) is 0 Å². The van der Waals surface area contributed by atoms with E-state index in [4.69, 9.17) is 0 Å². The van der Waals surface area contributed by atoms with E-state index in [9.17, 15) is 9.59 Å². The van der Waals surface area contributed by atoms with Gasteiger partial charge in [-0.3, -0.25) is 9.59 Å². The highest BCUT2D eigenvalue weighted by Gasteiger charge is 2.13. The molecule has 0 aromatic heterocycles. The van der Waals surface area contributed by atoms with E-state index in [-0.39, 0.29) is 0 Å². The summed E-state index contributed by atoms with van der Waals surface area (Å²) in [6.07, 6.45) is 1.86. The summed E-state index contributed by atoms with van der Waals surface area (Å²) >= 11 is 0. The van der Waals surface area contributed by atoms with Crippen molar-refractivity contribution in [1.29, 1.82) is 0 Å². The van der Waals surface area contributed by atoms with Crippen molar-refractivity contribution in [3.8, 4) is 0 Å². The van der Waals surface area contributed by atoms with Crippen LogP contribution >= 0.6 is 0 Å². The largest absolute Gasteiger partial charge is 0.348 e. The summed E-state index contributed by atoms with van der Waals surface area (Å²) < 4.78 is 0. The van der Waals surface area contributed by atoms with Gasteiger partial charge in [-0.05, 0) is 31.9 Å². The van der Waals surface area contributed by atoms with E-state index < -0.39 is 11.8 Å². The minimum Gasteiger partial charge on any atom is -0.348 e. The van der Waals surface area contributed by atoms with Crippen molar-refractivity contribution in [2.24, 2.45) is 0 Å². The average Bonchev–Trinajstić information content (AvgIpc) is 2.32. The standard InChI is InChI=1S/C14H20N2O2/c1-4-5-8-15-13(17)14(18)16-12-7-6-10(2)9-11(12)3/h6-7,9H,4-5,8H2,1-3H3,(H,15,17)(H,16,18). The van der Waals surface area contributed by atoms with Crippen LogP contribution in [-0.2, 0) is 9.59 Å². The molecule has 98 valence electrons. The zero-order valence-corrected chi connectivity index (χ0v) is 11.2. The van der Waals surface area contributed by atoms with Crippen molar-refractivity contribution in [3.05, 3.63) is 29.3 Å². The van der Waals surface area contributed by atoms with Gasteiger partial charge in [0.1, 0.15) is 0 Å². The van der Waals surface area contributed by atoms with Gasteiger partial charge in [0, 0.05) is 12.2 Å². The maximum Gasteiger partial charge on any atom is 0.313 e. The van der Waals surface area contributed by atoms with Crippen LogP contribution in [0.5, 0.6) is 0 Å². The molecule has 0 unspecified atom stereocenters. The van der Waals surface area contributed by atoms with Crippen LogP contribution in [0.1, 0.15) is 30.9 Å². The molecule has 0 saturated heterocycles. The van der Waals surface area contributed by atoms with E-state index >= 15 is 0 Å². The smallest absolute Gasteiger partial charge is 0.313 e. The van der Waals surface area contributed by atoms with E-state index in [1.165, 1.54) is 0 Å². The first-order chi connectivity index (χ1) is 8.54. The molecule has 1 aromatic carbocycles. The molecular weight excluding hydrogens is 228 g/mol. The van der Waals surface area contributed by atoms with E-state index in [1.807, 2.05) is 39.0 Å². The number of carbonyl (C=O) groups excluding carboxylic acids is 2. The predicted molar refractivity (Wildman–Crippen MR) is 72.5 cm³/mol. The second kappa shape index (κ2) is 6.79. The Labute approximate surface area is 108 Å². The highest BCUT2D eigenvalue weighted by molar-refractivity contribution is 6.39. The molecule has 0 aliphatic carbocycles. The van der Waals surface area contributed by atoms with Gasteiger partial charge in [0.25, 0.3) is 0 Å². The van der Waals surface area contributed by atoms with Crippen LogP contribution in [0.3, 0.4) is 0 Å². The fraction of sp³-hybridized carbons (Fsp3) is 0.429. The summed E-state index contributed by atoms with van der Waals surface area (Å²) in [6.45, 7) is 6.45. The highest BCUT2D eigenvalue weighted by atomic mass is 16.2. The first-order valence-electron chi connectivity index (χ1n) is 6.21. The monoisotopic (exact) mass is 248 g/mol. The van der Waals surface area contributed by atoms with Crippen LogP contribution in [-0.4, -0.2) is 18.4 Å². The normalized spacial score (nSPS) is 9.94. The molecule has 1 aromatic rings. The van der Waals surface area contributed by atoms with Crippen molar-refractivity contribution < 1.29 is 9.59 Å². The lowest BCUT2D eigenvalue weighted by atomic mass is 10.1. The summed E-state index contributed by atoms with van der Waals surface area (Å²) in [5, 5.41) is 5.20. The molecule has 0 aliphatic rings. The number of rotatable bonds is 4. The van der Waals surface area contributed by atoms with E-state index in [0.29, 0.717) is 12.2 Å². The summed E-state index contributed by atoms with van der Waals surface area (Å²) in [7, 11) is 0. The number of hydrogen-bond donors (Lipinski definition) is 2. The van der Waals surface area contributed by atoms with Gasteiger partial charge in [-0.15, -0.1) is 0 Å². The van der Waals surface area contributed by atoms with Gasteiger partial charge in [0.15, 0.2) is 0 Å². The van der Waals surface area contributed by atoms with Gasteiger partial charge >= 0.3 is 11.8 Å². The topological polar surface area (TPSA) is 58.2 Å². The number of anilines is 1. The number of unbranched alkanes of at least 4 members (excludes halogenated alkanes) is 1. The van der Waals surface area contributed by atoms with Gasteiger partial charge in [-0.25, -0.2) is 0 Å². The number of benzene rings is 1. The Morgan fingerprint density at radius 1 is 1.17 bits per heavy atom. The zero-order valence-electron chi connectivity index (χ0n) is 11.2. The van der Waals surface area contributed by atoms with Crippen molar-refractivity contribution in [2.75, 3.05) is 11.9 Å². The van der Waals surface area contributed by atoms with Gasteiger partial charge in [0.05, 0.1) is 0 Å². The Hall–Kier alpha value is -1.84. The molecule has 0 heterocycles. The maximum absolute atomic E-state index is 11.6. The lowest BCUT2D eigenvalue weighted by Gasteiger charge is -2.09. The first-order valence-corrected chi connectivity index (χ1v) is 6.21. The Morgan fingerprint density at radius 3 is 2.50 bits per heavy atom. The zero-order chi connectivity index (χ0) is 13.5. The maximum atomic E-state index is 11.6. The van der Waals surface area contributed by atoms with Crippen molar-refractivity contribution in [3.63, 3.8) is 0 Å². The molecule has 2 N–H and O–H groups in total. The molecule has 4 heteroatoms. The Morgan fingerprint density at radius 2 is 1.89 bits per heavy atom. The van der Waals surface area contributed by atoms with Crippen LogP contribution in [0.15, 0.2) is 18.2 Å². The molecule has 4 nitrogen and oxygen atoms in total. The molecule has 0 radical (unpaired) electrons. The number of hydrogen-bond acceptors (Lipinski definition) is 2. The van der Waals surface area contributed by atoms with Gasteiger partial charge < -0.3 is 10.6 Å². The number of amides is 2. The lowest BCUT2D eigenvalue weighted by molar-refractivity contribution is -0.136. The third-order valence-electron chi connectivity index (χ3n) is 2.65. The van der Waals surface area contributed by atoms with E-state index in [2.05, 4.69) is 10.6 Å². The Kier molecular flexibility index (Phi) is 5.36. The minimum absolute atomic E-state index is 0.537. The fourth-order valence-electron chi connectivity index (χ4n) is 1.59. The van der Waals surface area contributed by atoms with Gasteiger partial charge in [0.2, 0.25) is 0 Å². The predicted octanol–water partition coefficient (Wildman–Crippen LogP) is 2.16. The summed E-state index contributed by atoms with van der Waals surface area (Å²) in [6, 6.07) is 5.67. The molecule has 0 aliphatic heterocycles. The quantitative estimate of drug-likeness (QED) is 0.633. The van der Waals surface area contributed by atoms with Crippen molar-refractivity contribution >= 4 is 17.5 Å². The number of aryl methyl sites for hydroxylation is 2. The highest BCUT2D eigenvalue weighted by Crippen LogP contribution is 2.15. The number of carbonyl (C=O) groups is 2. The Balaban J connectivity index is 2.56. The van der Waals surface area contributed by atoms with Crippen LogP contribution in [0.2, 0.25) is 0 Å². The van der Waals surface area contributed by atoms with Crippen LogP contribution in [0.25, 0.3) is 0 Å². The van der Waals surface area contributed by atoms with E-state index in [0.717, 1.165) is 24.0 Å². The second-order valence-electron chi connectivity index (χ2n) is 4.38. The molecule has 0 spiro atoms. The average molecular weight is 248 g/mol. The molecule has 0 atom stereocenters. The third-order valence-corrected chi connectivity index (χ3v) is 2.65. The molecule has 1 rings (SSSR count). The van der Waals surface area contributed by atoms with Crippen molar-refractivity contribution in [2.45, 2.75) is 33.6 Å². The molecular formula is C14H20N2O2. The molecule has 0 saturated carbocycles. The summed E-state index contributed by atoms with van der Waals surface area (Å²) in [4.78, 5) is 23.1. The van der Waals surface area contributed by atoms with Crippen LogP contribution in [0, 0.1) is 13.8 Å². The molecule has 0 fully saturated rings. The molecule has 0 bridgehead atoms. The summed E-state index contributed by atoms with van der Waals surface area (Å²) in [5.41, 5.74) is 2.75. The molecule has 2 amide bonds. The van der Waals surface area contributed by atoms with Crippen LogP contribution in [0.4, 0.5) is 5.69 Å².